The van der Waals surface area contributed by atoms with Crippen LogP contribution in [0.15, 0.2) is 40.7 Å². The van der Waals surface area contributed by atoms with E-state index in [1.165, 1.54) is 0 Å². The van der Waals surface area contributed by atoms with E-state index < -0.39 is 35.8 Å². The van der Waals surface area contributed by atoms with E-state index >= 15 is 0 Å². The summed E-state index contributed by atoms with van der Waals surface area (Å²) in [5.41, 5.74) is 0. The average molecular weight is 502 g/mol. The molecule has 2 aliphatic rings. The Morgan fingerprint density at radius 3 is 2.75 bits per heavy atom. The molecule has 0 spiro atoms. The summed E-state index contributed by atoms with van der Waals surface area (Å²) in [5.74, 6) is -3.05. The van der Waals surface area contributed by atoms with Gasteiger partial charge < -0.3 is 19.3 Å². The van der Waals surface area contributed by atoms with Crippen molar-refractivity contribution in [1.82, 2.24) is 0 Å². The van der Waals surface area contributed by atoms with Gasteiger partial charge in [-0.1, -0.05) is 29.2 Å². The number of halogens is 1. The largest absolute Gasteiger partial charge is 0.489 e. The minimum Gasteiger partial charge on any atom is -0.489 e. The number of carboxylic acid groups (broad SMARTS) is 1. The van der Waals surface area contributed by atoms with Crippen molar-refractivity contribution in [3.63, 3.8) is 0 Å². The number of allylic oxidation sites excluding steroid dienone is 3. The topological polar surface area (TPSA) is 99.1 Å². The molecular weight excluding hydrogens is 479 g/mol. The van der Waals surface area contributed by atoms with Crippen molar-refractivity contribution in [2.24, 2.45) is 11.8 Å². The summed E-state index contributed by atoms with van der Waals surface area (Å²) in [4.78, 5) is 35.4. The van der Waals surface area contributed by atoms with Crippen molar-refractivity contribution in [3.8, 4) is 0 Å². The predicted molar refractivity (Wildman–Crippen MR) is 111 cm³/mol. The van der Waals surface area contributed by atoms with Gasteiger partial charge in [-0.3, -0.25) is 9.59 Å². The molecule has 0 amide bonds. The maximum Gasteiger partial charge on any atom is 0.330 e. The molecule has 3 unspecified atom stereocenters. The highest BCUT2D eigenvalue weighted by Gasteiger charge is 2.38. The van der Waals surface area contributed by atoms with E-state index in [-0.39, 0.29) is 33.9 Å². The van der Waals surface area contributed by atoms with Gasteiger partial charge in [0.2, 0.25) is 0 Å². The molecule has 152 valence electrons. The number of rotatable bonds is 9. The number of esters is 2. The number of hydrogen-bond donors (Lipinski definition) is 1. The molecule has 8 heteroatoms. The van der Waals surface area contributed by atoms with Crippen LogP contribution in [-0.2, 0) is 28.6 Å². The Hall–Kier alpha value is -2.19. The Morgan fingerprint density at radius 2 is 2.04 bits per heavy atom. The first-order chi connectivity index (χ1) is 13.5. The quantitative estimate of drug-likeness (QED) is 0.294. The fourth-order valence-electron chi connectivity index (χ4n) is 2.92. The van der Waals surface area contributed by atoms with Crippen molar-refractivity contribution in [2.45, 2.75) is 31.8 Å². The molecule has 0 aromatic carbocycles. The maximum atomic E-state index is 12.6. The second-order valence-electron chi connectivity index (χ2n) is 6.30. The second kappa shape index (κ2) is 11.6. The van der Waals surface area contributed by atoms with Gasteiger partial charge in [0.1, 0.15) is 19.0 Å². The van der Waals surface area contributed by atoms with Crippen LogP contribution in [0, 0.1) is 11.8 Å². The van der Waals surface area contributed by atoms with E-state index in [9.17, 15) is 19.5 Å². The number of hydrogen-bond acceptors (Lipinski definition) is 6. The summed E-state index contributed by atoms with van der Waals surface area (Å²) in [7, 11) is 0. The van der Waals surface area contributed by atoms with E-state index in [1.807, 2.05) is 10.2 Å². The van der Waals surface area contributed by atoms with Crippen LogP contribution >= 0.6 is 20.7 Å². The number of ether oxygens (including phenoxy) is 3. The van der Waals surface area contributed by atoms with Gasteiger partial charge in [-0.05, 0) is 45.7 Å². The zero-order valence-corrected chi connectivity index (χ0v) is 17.5. The Bertz CT molecular complexity index is 731. The predicted octanol–water partition coefficient (Wildman–Crippen LogP) is 2.87. The molecule has 3 atom stereocenters. The van der Waals surface area contributed by atoms with Gasteiger partial charge in [0, 0.05) is 10.2 Å². The molecule has 0 saturated heterocycles. The van der Waals surface area contributed by atoms with Gasteiger partial charge >= 0.3 is 17.9 Å². The van der Waals surface area contributed by atoms with E-state index in [0.29, 0.717) is 18.6 Å². The number of carbonyl (C=O) groups is 3. The molecule has 2 rings (SSSR count). The first-order valence-corrected chi connectivity index (χ1v) is 11.3. The van der Waals surface area contributed by atoms with Crippen LogP contribution in [0.25, 0.3) is 0 Å². The van der Waals surface area contributed by atoms with Crippen molar-refractivity contribution in [3.05, 3.63) is 40.7 Å². The van der Waals surface area contributed by atoms with E-state index in [0.717, 1.165) is 18.9 Å². The van der Waals surface area contributed by atoms with Crippen molar-refractivity contribution in [2.75, 3.05) is 13.2 Å². The highest BCUT2D eigenvalue weighted by Crippen LogP contribution is 2.31. The normalized spacial score (nSPS) is 22.1. The second-order valence-corrected chi connectivity index (χ2v) is 8.16. The smallest absolute Gasteiger partial charge is 0.330 e. The molecule has 28 heavy (non-hydrogen) atoms. The van der Waals surface area contributed by atoms with Gasteiger partial charge in [0.25, 0.3) is 0 Å². The third kappa shape index (κ3) is 7.09. The molecule has 1 saturated carbocycles. The lowest BCUT2D eigenvalue weighted by Crippen LogP contribution is -2.38. The van der Waals surface area contributed by atoms with E-state index in [2.05, 4.69) is 10.2 Å². The van der Waals surface area contributed by atoms with Gasteiger partial charge in [-0.2, -0.15) is 0 Å². The lowest BCUT2D eigenvalue weighted by Gasteiger charge is -2.28. The van der Waals surface area contributed by atoms with Crippen LogP contribution in [0.3, 0.4) is 0 Å². The Kier molecular flexibility index (Phi) is 9.16. The fraction of sp³-hybridized carbons (Fsp3) is 0.450. The van der Waals surface area contributed by atoms with E-state index in [1.54, 1.807) is 12.2 Å². The SMILES string of the molecule is C=CC(=O)OCC(COC1=CI=C=CC=C1)OC(=O)C1CCCCC1C(=O)O. The molecule has 1 aliphatic carbocycles. The zero-order valence-electron chi connectivity index (χ0n) is 15.3. The minimum atomic E-state index is -0.992. The first-order valence-electron chi connectivity index (χ1n) is 8.94. The first kappa shape index (κ1) is 22.1. The Morgan fingerprint density at radius 1 is 1.29 bits per heavy atom. The summed E-state index contributed by atoms with van der Waals surface area (Å²) >= 11 is -0.375. The van der Waals surface area contributed by atoms with Gasteiger partial charge in [-0.25, -0.2) is 4.79 Å². The molecule has 0 aromatic rings. The Labute approximate surface area is 173 Å². The van der Waals surface area contributed by atoms with Crippen molar-refractivity contribution in [1.29, 1.82) is 0 Å². The van der Waals surface area contributed by atoms with Crippen LogP contribution in [0.4, 0.5) is 0 Å². The molecule has 7 nitrogen and oxygen atoms in total. The molecule has 1 fully saturated rings. The van der Waals surface area contributed by atoms with Crippen LogP contribution in [0.1, 0.15) is 25.7 Å². The third-order valence-electron chi connectivity index (χ3n) is 4.33. The Balaban J connectivity index is 2.00. The van der Waals surface area contributed by atoms with Gasteiger partial charge in [0.15, 0.2) is 6.10 Å². The third-order valence-corrected chi connectivity index (χ3v) is 5.97. The van der Waals surface area contributed by atoms with Crippen molar-refractivity contribution >= 4 is 42.3 Å². The highest BCUT2D eigenvalue weighted by molar-refractivity contribution is 14.2. The fourth-order valence-corrected chi connectivity index (χ4v) is 4.21. The van der Waals surface area contributed by atoms with Crippen molar-refractivity contribution < 1.29 is 33.7 Å². The summed E-state index contributed by atoms with van der Waals surface area (Å²) in [5, 5.41) is 9.37. The van der Waals surface area contributed by atoms with Crippen LogP contribution in [-0.4, -0.2) is 46.0 Å². The van der Waals surface area contributed by atoms with Crippen LogP contribution in [0.5, 0.6) is 0 Å². The average Bonchev–Trinajstić information content (AvgIpc) is 2.98. The summed E-state index contributed by atoms with van der Waals surface area (Å²) in [6.45, 7) is 3.12. The summed E-state index contributed by atoms with van der Waals surface area (Å²) in [6.07, 6.45) is 8.04. The highest BCUT2D eigenvalue weighted by atomic mass is 127. The van der Waals surface area contributed by atoms with Gasteiger partial charge in [-0.15, -0.1) is 0 Å². The molecule has 1 heterocycles. The number of carboxylic acids is 1. The molecule has 0 radical (unpaired) electrons. The minimum absolute atomic E-state index is 0.0134. The van der Waals surface area contributed by atoms with Crippen LogP contribution in [0.2, 0.25) is 0 Å². The standard InChI is InChI=1S/C20H23IO7/c1-2-18(22)27-13-15(12-26-14-7-5-6-10-21-11-14)28-20(25)17-9-4-3-8-16(17)19(23)24/h2,5-7,11,15-17H,1,3-4,8-9,12-13H2,(H,23,24). The summed E-state index contributed by atoms with van der Waals surface area (Å²) < 4.78 is 21.2. The number of carbonyl (C=O) groups excluding carboxylic acids is 2. The molecule has 1 N–H and O–H groups in total. The molecule has 1 aliphatic heterocycles. The zero-order chi connectivity index (χ0) is 20.4. The van der Waals surface area contributed by atoms with Gasteiger partial charge in [0.05, 0.1) is 11.8 Å². The van der Waals surface area contributed by atoms with E-state index in [4.69, 9.17) is 14.2 Å². The maximum absolute atomic E-state index is 12.6. The molecule has 0 aromatic heterocycles. The summed E-state index contributed by atoms with van der Waals surface area (Å²) in [6, 6.07) is 0. The lowest BCUT2D eigenvalue weighted by atomic mass is 9.79. The van der Waals surface area contributed by atoms with Crippen LogP contribution < -0.4 is 0 Å². The lowest BCUT2D eigenvalue weighted by molar-refractivity contribution is -0.169. The number of aliphatic carboxylic acids is 1. The molecule has 0 bridgehead atoms. The molecular formula is C20H23IO7. The monoisotopic (exact) mass is 502 g/mol.